The highest BCUT2D eigenvalue weighted by Crippen LogP contribution is 2.37. The van der Waals surface area contributed by atoms with Gasteiger partial charge in [-0.05, 0) is 74.4 Å². The topological polar surface area (TPSA) is 67.9 Å². The van der Waals surface area contributed by atoms with E-state index >= 15 is 0 Å². The van der Waals surface area contributed by atoms with Gasteiger partial charge in [0.25, 0.3) is 11.8 Å². The number of methoxy groups -OCH3 is 1. The molecular formula is C27H26N2O4. The standard InChI is InChI=1S/C27H26N2O4/c1-5-33-21-14-12-20(13-15-21)29-26(30)24(22-8-6-7-9-23(22)32-4)25(27(29)31)28-19-11-10-17(2)18(3)16-19/h6-16,28H,5H2,1-4H3. The van der Waals surface area contributed by atoms with Crippen molar-refractivity contribution in [2.75, 3.05) is 23.9 Å². The van der Waals surface area contributed by atoms with Crippen molar-refractivity contribution in [1.82, 2.24) is 0 Å². The lowest BCUT2D eigenvalue weighted by Gasteiger charge is -2.16. The predicted octanol–water partition coefficient (Wildman–Crippen LogP) is 5.11. The Morgan fingerprint density at radius 2 is 1.61 bits per heavy atom. The molecule has 6 nitrogen and oxygen atoms in total. The number of benzene rings is 3. The van der Waals surface area contributed by atoms with Crippen molar-refractivity contribution in [2.45, 2.75) is 20.8 Å². The fourth-order valence-electron chi connectivity index (χ4n) is 3.80. The van der Waals surface area contributed by atoms with Crippen LogP contribution in [0.2, 0.25) is 0 Å². The van der Waals surface area contributed by atoms with Crippen LogP contribution in [0, 0.1) is 13.8 Å². The number of nitrogens with one attached hydrogen (secondary N) is 1. The number of aryl methyl sites for hydroxylation is 2. The average molecular weight is 443 g/mol. The van der Waals surface area contributed by atoms with Crippen LogP contribution in [0.5, 0.6) is 11.5 Å². The maximum Gasteiger partial charge on any atom is 0.282 e. The largest absolute Gasteiger partial charge is 0.496 e. The van der Waals surface area contributed by atoms with Gasteiger partial charge in [0.15, 0.2) is 0 Å². The summed E-state index contributed by atoms with van der Waals surface area (Å²) < 4.78 is 11.0. The maximum absolute atomic E-state index is 13.6. The van der Waals surface area contributed by atoms with E-state index in [4.69, 9.17) is 9.47 Å². The summed E-state index contributed by atoms with van der Waals surface area (Å²) in [6.45, 7) is 6.46. The zero-order chi connectivity index (χ0) is 23.5. The van der Waals surface area contributed by atoms with Crippen molar-refractivity contribution in [3.63, 3.8) is 0 Å². The summed E-state index contributed by atoms with van der Waals surface area (Å²) in [5.74, 6) is 0.344. The van der Waals surface area contributed by atoms with Gasteiger partial charge in [-0.3, -0.25) is 9.59 Å². The van der Waals surface area contributed by atoms with Gasteiger partial charge in [-0.15, -0.1) is 0 Å². The molecule has 1 heterocycles. The van der Waals surface area contributed by atoms with Crippen molar-refractivity contribution in [1.29, 1.82) is 0 Å². The SMILES string of the molecule is CCOc1ccc(N2C(=O)C(Nc3ccc(C)c(C)c3)=C(c3ccccc3OC)C2=O)cc1. The highest BCUT2D eigenvalue weighted by atomic mass is 16.5. The molecule has 0 aromatic heterocycles. The van der Waals surface area contributed by atoms with Crippen LogP contribution in [0.4, 0.5) is 11.4 Å². The molecule has 1 aliphatic rings. The van der Waals surface area contributed by atoms with Gasteiger partial charge in [0.1, 0.15) is 17.2 Å². The molecule has 6 heteroatoms. The number of para-hydroxylation sites is 1. The molecule has 0 aliphatic carbocycles. The number of hydrogen-bond donors (Lipinski definition) is 1. The second-order valence-corrected chi connectivity index (χ2v) is 7.75. The number of rotatable bonds is 7. The number of nitrogens with zero attached hydrogens (tertiary/aromatic N) is 1. The molecular weight excluding hydrogens is 416 g/mol. The van der Waals surface area contributed by atoms with E-state index in [9.17, 15) is 9.59 Å². The van der Waals surface area contributed by atoms with E-state index in [1.807, 2.05) is 51.1 Å². The molecule has 0 unspecified atom stereocenters. The third-order valence-corrected chi connectivity index (χ3v) is 5.64. The third kappa shape index (κ3) is 4.20. The fraction of sp³-hybridized carbons (Fsp3) is 0.185. The molecule has 1 aliphatic heterocycles. The second kappa shape index (κ2) is 9.20. The van der Waals surface area contributed by atoms with Crippen LogP contribution in [-0.2, 0) is 9.59 Å². The van der Waals surface area contributed by atoms with Crippen molar-refractivity contribution in [3.05, 3.63) is 89.1 Å². The van der Waals surface area contributed by atoms with Gasteiger partial charge in [0.05, 0.1) is 25.0 Å². The van der Waals surface area contributed by atoms with Crippen molar-refractivity contribution < 1.29 is 19.1 Å². The minimum Gasteiger partial charge on any atom is -0.496 e. The summed E-state index contributed by atoms with van der Waals surface area (Å²) >= 11 is 0. The first kappa shape index (κ1) is 22.1. The Morgan fingerprint density at radius 3 is 2.27 bits per heavy atom. The minimum absolute atomic E-state index is 0.210. The fourth-order valence-corrected chi connectivity index (χ4v) is 3.80. The molecule has 1 N–H and O–H groups in total. The number of carbonyl (C=O) groups is 2. The maximum atomic E-state index is 13.6. The molecule has 2 amide bonds. The molecule has 168 valence electrons. The predicted molar refractivity (Wildman–Crippen MR) is 130 cm³/mol. The van der Waals surface area contributed by atoms with Gasteiger partial charge in [-0.2, -0.15) is 0 Å². The number of amides is 2. The Morgan fingerprint density at radius 1 is 0.879 bits per heavy atom. The normalized spacial score (nSPS) is 13.5. The molecule has 0 bridgehead atoms. The van der Waals surface area contributed by atoms with Crippen LogP contribution in [0.25, 0.3) is 5.57 Å². The zero-order valence-electron chi connectivity index (χ0n) is 19.1. The van der Waals surface area contributed by atoms with E-state index in [0.29, 0.717) is 29.4 Å². The van der Waals surface area contributed by atoms with Crippen molar-refractivity contribution in [3.8, 4) is 11.5 Å². The molecule has 3 aromatic rings. The van der Waals surface area contributed by atoms with Crippen molar-refractivity contribution >= 4 is 28.8 Å². The third-order valence-electron chi connectivity index (χ3n) is 5.64. The van der Waals surface area contributed by atoms with Crippen LogP contribution >= 0.6 is 0 Å². The summed E-state index contributed by atoms with van der Waals surface area (Å²) in [7, 11) is 1.54. The van der Waals surface area contributed by atoms with Crippen LogP contribution in [0.3, 0.4) is 0 Å². The number of anilines is 2. The molecule has 0 radical (unpaired) electrons. The Hall–Kier alpha value is -4.06. The molecule has 0 saturated heterocycles. The summed E-state index contributed by atoms with van der Waals surface area (Å²) in [5.41, 5.74) is 4.46. The summed E-state index contributed by atoms with van der Waals surface area (Å²) in [6, 6.07) is 19.9. The molecule has 0 fully saturated rings. The van der Waals surface area contributed by atoms with Gasteiger partial charge in [0.2, 0.25) is 0 Å². The Labute approximate surface area is 193 Å². The number of hydrogen-bond acceptors (Lipinski definition) is 5. The Bertz CT molecular complexity index is 1250. The summed E-state index contributed by atoms with van der Waals surface area (Å²) in [5, 5.41) is 3.21. The molecule has 33 heavy (non-hydrogen) atoms. The summed E-state index contributed by atoms with van der Waals surface area (Å²) in [4.78, 5) is 28.4. The average Bonchev–Trinajstić information content (AvgIpc) is 3.06. The van der Waals surface area contributed by atoms with E-state index in [1.165, 1.54) is 4.90 Å². The Balaban J connectivity index is 1.81. The molecule has 4 rings (SSSR count). The van der Waals surface area contributed by atoms with Gasteiger partial charge in [0, 0.05) is 11.3 Å². The van der Waals surface area contributed by atoms with Gasteiger partial charge >= 0.3 is 0 Å². The van der Waals surface area contributed by atoms with E-state index < -0.39 is 11.8 Å². The van der Waals surface area contributed by atoms with E-state index in [0.717, 1.165) is 16.8 Å². The first-order valence-corrected chi connectivity index (χ1v) is 10.8. The summed E-state index contributed by atoms with van der Waals surface area (Å²) in [6.07, 6.45) is 0. The van der Waals surface area contributed by atoms with Crippen LogP contribution < -0.4 is 19.7 Å². The lowest BCUT2D eigenvalue weighted by atomic mass is 10.0. The smallest absolute Gasteiger partial charge is 0.282 e. The second-order valence-electron chi connectivity index (χ2n) is 7.75. The first-order valence-electron chi connectivity index (χ1n) is 10.8. The number of imide groups is 1. The molecule has 0 saturated carbocycles. The van der Waals surface area contributed by atoms with E-state index in [2.05, 4.69) is 5.32 Å². The van der Waals surface area contributed by atoms with Crippen molar-refractivity contribution in [2.24, 2.45) is 0 Å². The highest BCUT2D eigenvalue weighted by molar-refractivity contribution is 6.46. The zero-order valence-corrected chi connectivity index (χ0v) is 19.1. The Kier molecular flexibility index (Phi) is 6.18. The molecule has 0 spiro atoms. The monoisotopic (exact) mass is 442 g/mol. The molecule has 3 aromatic carbocycles. The van der Waals surface area contributed by atoms with Crippen LogP contribution in [0.15, 0.2) is 72.4 Å². The lowest BCUT2D eigenvalue weighted by molar-refractivity contribution is -0.120. The quantitative estimate of drug-likeness (QED) is 0.515. The van der Waals surface area contributed by atoms with Gasteiger partial charge < -0.3 is 14.8 Å². The highest BCUT2D eigenvalue weighted by Gasteiger charge is 2.41. The minimum atomic E-state index is -0.428. The van der Waals surface area contributed by atoms with Gasteiger partial charge in [-0.1, -0.05) is 24.3 Å². The lowest BCUT2D eigenvalue weighted by Crippen LogP contribution is -2.32. The number of ether oxygens (including phenoxy) is 2. The number of carbonyl (C=O) groups excluding carboxylic acids is 2. The van der Waals surface area contributed by atoms with E-state index in [1.54, 1.807) is 43.5 Å². The first-order chi connectivity index (χ1) is 15.9. The van der Waals surface area contributed by atoms with Crippen LogP contribution in [0.1, 0.15) is 23.6 Å². The van der Waals surface area contributed by atoms with Crippen LogP contribution in [-0.4, -0.2) is 25.5 Å². The van der Waals surface area contributed by atoms with Gasteiger partial charge in [-0.25, -0.2) is 4.90 Å². The molecule has 0 atom stereocenters. The van der Waals surface area contributed by atoms with E-state index in [-0.39, 0.29) is 11.3 Å².